The van der Waals surface area contributed by atoms with Crippen molar-refractivity contribution in [2.75, 3.05) is 0 Å². The standard InChI is InChI=1S/C18H16N2O6/c1-12(21)19-17(18(22)23)10-13-5-7-16(8-6-13)26-11-14-3-2-4-15(9-14)20(24)25/h2-10H,11H2,1H3,(H,19,21)(H,22,23)/b17-10+. The van der Waals surface area contributed by atoms with Gasteiger partial charge in [-0.2, -0.15) is 0 Å². The molecule has 8 nitrogen and oxygen atoms in total. The fourth-order valence-electron chi connectivity index (χ4n) is 2.09. The van der Waals surface area contributed by atoms with E-state index in [9.17, 15) is 19.7 Å². The summed E-state index contributed by atoms with van der Waals surface area (Å²) in [4.78, 5) is 32.4. The molecule has 0 radical (unpaired) electrons. The van der Waals surface area contributed by atoms with E-state index in [1.807, 2.05) is 0 Å². The minimum atomic E-state index is -1.24. The lowest BCUT2D eigenvalue weighted by Gasteiger charge is -2.07. The first-order valence-electron chi connectivity index (χ1n) is 7.54. The Bertz CT molecular complexity index is 858. The molecule has 0 saturated carbocycles. The van der Waals surface area contributed by atoms with E-state index >= 15 is 0 Å². The Morgan fingerprint density at radius 2 is 1.92 bits per heavy atom. The molecular weight excluding hydrogens is 340 g/mol. The number of carboxylic acid groups (broad SMARTS) is 1. The minimum Gasteiger partial charge on any atom is -0.489 e. The Morgan fingerprint density at radius 1 is 1.23 bits per heavy atom. The number of non-ortho nitro benzene ring substituents is 1. The van der Waals surface area contributed by atoms with Crippen LogP contribution in [0.5, 0.6) is 5.75 Å². The molecule has 0 aromatic heterocycles. The van der Waals surface area contributed by atoms with Gasteiger partial charge in [0.25, 0.3) is 5.69 Å². The first-order valence-corrected chi connectivity index (χ1v) is 7.54. The number of nitrogens with one attached hydrogen (secondary N) is 1. The molecule has 134 valence electrons. The number of ether oxygens (including phenoxy) is 1. The molecule has 0 aliphatic heterocycles. The predicted octanol–water partition coefficient (Wildman–Crippen LogP) is 2.74. The maximum atomic E-state index is 11.1. The molecule has 0 atom stereocenters. The summed E-state index contributed by atoms with van der Waals surface area (Å²) in [5.41, 5.74) is 0.981. The number of hydrogen-bond acceptors (Lipinski definition) is 5. The molecule has 0 unspecified atom stereocenters. The molecule has 0 fully saturated rings. The van der Waals surface area contributed by atoms with Crippen LogP contribution in [-0.4, -0.2) is 21.9 Å². The quantitative estimate of drug-likeness (QED) is 0.447. The van der Waals surface area contributed by atoms with Crippen LogP contribution in [0.25, 0.3) is 6.08 Å². The van der Waals surface area contributed by atoms with Gasteiger partial charge in [0.05, 0.1) is 4.92 Å². The van der Waals surface area contributed by atoms with Gasteiger partial charge in [-0.15, -0.1) is 0 Å². The second-order valence-electron chi connectivity index (χ2n) is 5.33. The highest BCUT2D eigenvalue weighted by atomic mass is 16.6. The number of nitro benzene ring substituents is 1. The number of carbonyl (C=O) groups excluding carboxylic acids is 1. The Hall–Kier alpha value is -3.68. The number of benzene rings is 2. The number of carboxylic acids is 1. The number of amides is 1. The van der Waals surface area contributed by atoms with Gasteiger partial charge in [-0.3, -0.25) is 14.9 Å². The third-order valence-corrected chi connectivity index (χ3v) is 3.26. The lowest BCUT2D eigenvalue weighted by atomic mass is 10.2. The molecule has 0 heterocycles. The monoisotopic (exact) mass is 356 g/mol. The second-order valence-corrected chi connectivity index (χ2v) is 5.33. The number of hydrogen-bond donors (Lipinski definition) is 2. The molecule has 0 saturated heterocycles. The highest BCUT2D eigenvalue weighted by Crippen LogP contribution is 2.18. The summed E-state index contributed by atoms with van der Waals surface area (Å²) in [5, 5.41) is 22.1. The van der Waals surface area contributed by atoms with Gasteiger partial charge in [0.2, 0.25) is 5.91 Å². The van der Waals surface area contributed by atoms with Crippen LogP contribution in [-0.2, 0) is 16.2 Å². The van der Waals surface area contributed by atoms with Gasteiger partial charge in [0.15, 0.2) is 0 Å². The topological polar surface area (TPSA) is 119 Å². The minimum absolute atomic E-state index is 0.00856. The maximum absolute atomic E-state index is 11.1. The Labute approximate surface area is 148 Å². The van der Waals surface area contributed by atoms with Gasteiger partial charge in [0.1, 0.15) is 18.1 Å². The van der Waals surface area contributed by atoms with Crippen LogP contribution in [0.3, 0.4) is 0 Å². The van der Waals surface area contributed by atoms with E-state index in [-0.39, 0.29) is 18.0 Å². The van der Waals surface area contributed by atoms with Crippen LogP contribution in [0.1, 0.15) is 18.1 Å². The van der Waals surface area contributed by atoms with Crippen molar-refractivity contribution in [2.45, 2.75) is 13.5 Å². The predicted molar refractivity (Wildman–Crippen MR) is 93.3 cm³/mol. The van der Waals surface area contributed by atoms with Gasteiger partial charge in [-0.05, 0) is 29.3 Å². The van der Waals surface area contributed by atoms with Gasteiger partial charge in [0, 0.05) is 19.1 Å². The van der Waals surface area contributed by atoms with E-state index < -0.39 is 16.8 Å². The molecule has 2 rings (SSSR count). The summed E-state index contributed by atoms with van der Waals surface area (Å²) in [6.07, 6.45) is 1.33. The molecule has 0 spiro atoms. The SMILES string of the molecule is CC(=O)N/C(=C/c1ccc(OCc2cccc([N+](=O)[O-])c2)cc1)C(=O)O. The first kappa shape index (κ1) is 18.7. The van der Waals surface area contributed by atoms with Crippen molar-refractivity contribution in [2.24, 2.45) is 0 Å². The van der Waals surface area contributed by atoms with E-state index in [1.54, 1.807) is 36.4 Å². The van der Waals surface area contributed by atoms with Crippen molar-refractivity contribution in [3.05, 3.63) is 75.5 Å². The summed E-state index contributed by atoms with van der Waals surface area (Å²) in [6, 6.07) is 12.7. The Morgan fingerprint density at radius 3 is 2.50 bits per heavy atom. The lowest BCUT2D eigenvalue weighted by Crippen LogP contribution is -2.24. The zero-order valence-corrected chi connectivity index (χ0v) is 13.8. The smallest absolute Gasteiger partial charge is 0.352 e. The molecular formula is C18H16N2O6. The lowest BCUT2D eigenvalue weighted by molar-refractivity contribution is -0.384. The van der Waals surface area contributed by atoms with Gasteiger partial charge in [-0.25, -0.2) is 4.79 Å². The second kappa shape index (κ2) is 8.43. The fraction of sp³-hybridized carbons (Fsp3) is 0.111. The zero-order valence-electron chi connectivity index (χ0n) is 13.8. The van der Waals surface area contributed by atoms with Crippen LogP contribution >= 0.6 is 0 Å². The van der Waals surface area contributed by atoms with Crippen LogP contribution in [0, 0.1) is 10.1 Å². The molecule has 2 aromatic carbocycles. The van der Waals surface area contributed by atoms with Crippen molar-refractivity contribution in [3.63, 3.8) is 0 Å². The highest BCUT2D eigenvalue weighted by Gasteiger charge is 2.09. The largest absolute Gasteiger partial charge is 0.489 e. The van der Waals surface area contributed by atoms with E-state index in [1.165, 1.54) is 25.1 Å². The number of carbonyl (C=O) groups is 2. The van der Waals surface area contributed by atoms with Gasteiger partial charge in [-0.1, -0.05) is 24.3 Å². The third kappa shape index (κ3) is 5.45. The van der Waals surface area contributed by atoms with E-state index in [2.05, 4.69) is 5.32 Å². The molecule has 2 aromatic rings. The van der Waals surface area contributed by atoms with Crippen LogP contribution in [0.4, 0.5) is 5.69 Å². The summed E-state index contributed by atoms with van der Waals surface area (Å²) >= 11 is 0. The van der Waals surface area contributed by atoms with E-state index in [0.717, 1.165) is 0 Å². The average Bonchev–Trinajstić information content (AvgIpc) is 2.60. The van der Waals surface area contributed by atoms with Crippen molar-refractivity contribution in [3.8, 4) is 5.75 Å². The van der Waals surface area contributed by atoms with Gasteiger partial charge >= 0.3 is 5.97 Å². The number of nitro groups is 1. The van der Waals surface area contributed by atoms with E-state index in [0.29, 0.717) is 16.9 Å². The normalized spacial score (nSPS) is 10.9. The number of nitrogens with zero attached hydrogens (tertiary/aromatic N) is 1. The molecule has 0 bridgehead atoms. The molecule has 26 heavy (non-hydrogen) atoms. The highest BCUT2D eigenvalue weighted by molar-refractivity contribution is 5.96. The van der Waals surface area contributed by atoms with Gasteiger partial charge < -0.3 is 15.2 Å². The molecule has 8 heteroatoms. The third-order valence-electron chi connectivity index (χ3n) is 3.26. The maximum Gasteiger partial charge on any atom is 0.352 e. The molecule has 1 amide bonds. The van der Waals surface area contributed by atoms with Crippen molar-refractivity contribution < 1.29 is 24.4 Å². The summed E-state index contributed by atoms with van der Waals surface area (Å²) in [5.74, 6) is -1.20. The molecule has 0 aliphatic rings. The fourth-order valence-corrected chi connectivity index (χ4v) is 2.09. The Balaban J connectivity index is 2.05. The number of aliphatic carboxylic acids is 1. The zero-order chi connectivity index (χ0) is 19.1. The molecule has 0 aliphatic carbocycles. The van der Waals surface area contributed by atoms with Crippen LogP contribution in [0.2, 0.25) is 0 Å². The summed E-state index contributed by atoms with van der Waals surface area (Å²) in [6.45, 7) is 1.38. The number of rotatable bonds is 7. The van der Waals surface area contributed by atoms with Crippen molar-refractivity contribution in [1.29, 1.82) is 0 Å². The molecule has 2 N–H and O–H groups in total. The first-order chi connectivity index (χ1) is 12.3. The van der Waals surface area contributed by atoms with Crippen LogP contribution < -0.4 is 10.1 Å². The van der Waals surface area contributed by atoms with Crippen LogP contribution in [0.15, 0.2) is 54.2 Å². The Kier molecular flexibility index (Phi) is 6.05. The average molecular weight is 356 g/mol. The van der Waals surface area contributed by atoms with E-state index in [4.69, 9.17) is 9.84 Å². The van der Waals surface area contributed by atoms with Crippen molar-refractivity contribution >= 4 is 23.6 Å². The summed E-state index contributed by atoms with van der Waals surface area (Å²) in [7, 11) is 0. The van der Waals surface area contributed by atoms with Crippen molar-refractivity contribution in [1.82, 2.24) is 5.32 Å². The summed E-state index contributed by atoms with van der Waals surface area (Å²) < 4.78 is 5.57.